The normalized spacial score (nSPS) is 22.6. The third kappa shape index (κ3) is 2.25. The smallest absolute Gasteiger partial charge is 0.332 e. The van der Waals surface area contributed by atoms with Crippen LogP contribution in [-0.2, 0) is 14.1 Å². The third-order valence-corrected chi connectivity index (χ3v) is 4.24. The van der Waals surface area contributed by atoms with E-state index in [-0.39, 0.29) is 23.3 Å². The largest absolute Gasteiger partial charge is 0.351 e. The number of anilines is 1. The molecule has 2 unspecified atom stereocenters. The van der Waals surface area contributed by atoms with E-state index in [1.807, 2.05) is 0 Å². The van der Waals surface area contributed by atoms with Gasteiger partial charge in [0.25, 0.3) is 5.56 Å². The van der Waals surface area contributed by atoms with Crippen LogP contribution in [0.15, 0.2) is 9.59 Å². The van der Waals surface area contributed by atoms with Gasteiger partial charge < -0.3 is 16.0 Å². The van der Waals surface area contributed by atoms with E-state index >= 15 is 0 Å². The number of nitrogens with two attached hydrogens (primary N) is 1. The molecule has 0 aliphatic heterocycles. The zero-order chi connectivity index (χ0) is 15.1. The molecule has 0 bridgehead atoms. The maximum absolute atomic E-state index is 12.1. The summed E-state index contributed by atoms with van der Waals surface area (Å²) in [4.78, 5) is 31.3. The highest BCUT2D eigenvalue weighted by Gasteiger charge is 2.23. The number of nitrogens with one attached hydrogen (secondary N) is 2. The molecule has 1 fully saturated rings. The van der Waals surface area contributed by atoms with Gasteiger partial charge in [0.05, 0.1) is 0 Å². The third-order valence-electron chi connectivity index (χ3n) is 4.24. The monoisotopic (exact) mass is 292 g/mol. The van der Waals surface area contributed by atoms with Crippen molar-refractivity contribution < 1.29 is 0 Å². The average molecular weight is 292 g/mol. The van der Waals surface area contributed by atoms with Crippen LogP contribution in [0.2, 0.25) is 0 Å². The molecule has 4 N–H and O–H groups in total. The summed E-state index contributed by atoms with van der Waals surface area (Å²) in [7, 11) is 3.05. The topological polar surface area (TPSA) is 111 Å². The van der Waals surface area contributed by atoms with Gasteiger partial charge in [0, 0.05) is 26.2 Å². The minimum atomic E-state index is -0.389. The molecule has 8 nitrogen and oxygen atoms in total. The molecule has 1 saturated carbocycles. The van der Waals surface area contributed by atoms with Crippen LogP contribution in [0.5, 0.6) is 0 Å². The van der Waals surface area contributed by atoms with Crippen LogP contribution in [-0.4, -0.2) is 31.2 Å². The first kappa shape index (κ1) is 13.9. The molecule has 0 saturated heterocycles. The zero-order valence-electron chi connectivity index (χ0n) is 12.2. The zero-order valence-corrected chi connectivity index (χ0v) is 12.2. The van der Waals surface area contributed by atoms with E-state index in [1.165, 1.54) is 11.6 Å². The van der Waals surface area contributed by atoms with Crippen molar-refractivity contribution in [3.05, 3.63) is 20.8 Å². The standard InChI is InChI=1S/C13H20N6O2/c1-18-10-9(11(20)19(2)13(18)21)16-12(17-10)15-8-6-4-3-5-7(8)14/h7-8H,3-6,14H2,1-2H3,(H2,15,16,17). The molecule has 1 aliphatic carbocycles. The van der Waals surface area contributed by atoms with Crippen molar-refractivity contribution in [2.24, 2.45) is 19.8 Å². The fourth-order valence-corrected chi connectivity index (χ4v) is 2.91. The van der Waals surface area contributed by atoms with Gasteiger partial charge >= 0.3 is 5.69 Å². The van der Waals surface area contributed by atoms with Crippen molar-refractivity contribution in [1.29, 1.82) is 0 Å². The summed E-state index contributed by atoms with van der Waals surface area (Å²) in [6.45, 7) is 0. The van der Waals surface area contributed by atoms with Gasteiger partial charge in [-0.05, 0) is 12.8 Å². The molecular weight excluding hydrogens is 272 g/mol. The molecule has 2 aromatic heterocycles. The lowest BCUT2D eigenvalue weighted by molar-refractivity contribution is 0.403. The first-order valence-electron chi connectivity index (χ1n) is 7.17. The van der Waals surface area contributed by atoms with E-state index in [0.717, 1.165) is 30.3 Å². The first-order valence-corrected chi connectivity index (χ1v) is 7.17. The van der Waals surface area contributed by atoms with Crippen LogP contribution >= 0.6 is 0 Å². The molecule has 2 aromatic rings. The van der Waals surface area contributed by atoms with Crippen LogP contribution in [0.25, 0.3) is 11.2 Å². The van der Waals surface area contributed by atoms with E-state index in [2.05, 4.69) is 15.3 Å². The number of hydrogen-bond acceptors (Lipinski definition) is 5. The lowest BCUT2D eigenvalue weighted by Gasteiger charge is -2.28. The molecule has 0 radical (unpaired) electrons. The molecule has 114 valence electrons. The minimum absolute atomic E-state index is 0.0821. The number of rotatable bonds is 2. The summed E-state index contributed by atoms with van der Waals surface area (Å²) >= 11 is 0. The van der Waals surface area contributed by atoms with E-state index in [1.54, 1.807) is 7.05 Å². The Morgan fingerprint density at radius 1 is 1.24 bits per heavy atom. The second-order valence-electron chi connectivity index (χ2n) is 5.69. The number of hydrogen-bond donors (Lipinski definition) is 3. The quantitative estimate of drug-likeness (QED) is 0.700. The maximum atomic E-state index is 12.1. The Balaban J connectivity index is 2.02. The molecule has 2 atom stereocenters. The number of aryl methyl sites for hydroxylation is 1. The van der Waals surface area contributed by atoms with Gasteiger partial charge in [0.1, 0.15) is 0 Å². The van der Waals surface area contributed by atoms with E-state index < -0.39 is 0 Å². The molecular formula is C13H20N6O2. The Morgan fingerprint density at radius 2 is 1.95 bits per heavy atom. The van der Waals surface area contributed by atoms with Gasteiger partial charge in [-0.3, -0.25) is 13.9 Å². The molecule has 2 heterocycles. The van der Waals surface area contributed by atoms with E-state index in [4.69, 9.17) is 5.73 Å². The van der Waals surface area contributed by atoms with Crippen LogP contribution < -0.4 is 22.3 Å². The number of imidazole rings is 1. The SMILES string of the molecule is Cn1c(=O)c2[nH]c(NC3CCCCC3N)nc2n(C)c1=O. The van der Waals surface area contributed by atoms with Crippen LogP contribution in [0.4, 0.5) is 5.95 Å². The van der Waals surface area contributed by atoms with Gasteiger partial charge in [-0.1, -0.05) is 12.8 Å². The lowest BCUT2D eigenvalue weighted by Crippen LogP contribution is -2.42. The highest BCUT2D eigenvalue weighted by atomic mass is 16.2. The predicted molar refractivity (Wildman–Crippen MR) is 80.4 cm³/mol. The van der Waals surface area contributed by atoms with E-state index in [0.29, 0.717) is 17.1 Å². The molecule has 8 heteroatoms. The van der Waals surface area contributed by atoms with Crippen LogP contribution in [0.1, 0.15) is 25.7 Å². The Bertz CT molecular complexity index is 786. The van der Waals surface area contributed by atoms with Crippen molar-refractivity contribution in [3.63, 3.8) is 0 Å². The fraction of sp³-hybridized carbons (Fsp3) is 0.615. The Labute approximate surface area is 121 Å². The fourth-order valence-electron chi connectivity index (χ4n) is 2.91. The van der Waals surface area contributed by atoms with Crippen molar-refractivity contribution in [2.45, 2.75) is 37.8 Å². The van der Waals surface area contributed by atoms with Crippen LogP contribution in [0.3, 0.4) is 0 Å². The van der Waals surface area contributed by atoms with E-state index in [9.17, 15) is 9.59 Å². The average Bonchev–Trinajstić information content (AvgIpc) is 2.89. The molecule has 0 spiro atoms. The van der Waals surface area contributed by atoms with Gasteiger partial charge in [0.2, 0.25) is 5.95 Å². The minimum Gasteiger partial charge on any atom is -0.351 e. The Morgan fingerprint density at radius 3 is 2.67 bits per heavy atom. The van der Waals surface area contributed by atoms with Crippen LogP contribution in [0, 0.1) is 0 Å². The molecule has 0 amide bonds. The van der Waals surface area contributed by atoms with Crippen molar-refractivity contribution in [2.75, 3.05) is 5.32 Å². The number of fused-ring (bicyclic) bond motifs is 1. The highest BCUT2D eigenvalue weighted by molar-refractivity contribution is 5.72. The maximum Gasteiger partial charge on any atom is 0.332 e. The molecule has 21 heavy (non-hydrogen) atoms. The number of aromatic amines is 1. The van der Waals surface area contributed by atoms with Crippen molar-refractivity contribution in [1.82, 2.24) is 19.1 Å². The second-order valence-corrected chi connectivity index (χ2v) is 5.69. The first-order chi connectivity index (χ1) is 9.99. The summed E-state index contributed by atoms with van der Waals surface area (Å²) in [5.41, 5.74) is 6.02. The summed E-state index contributed by atoms with van der Waals surface area (Å²) in [5.74, 6) is 0.491. The van der Waals surface area contributed by atoms with Crippen molar-refractivity contribution in [3.8, 4) is 0 Å². The lowest BCUT2D eigenvalue weighted by atomic mass is 9.91. The van der Waals surface area contributed by atoms with Crippen molar-refractivity contribution >= 4 is 17.1 Å². The second kappa shape index (κ2) is 5.03. The number of H-pyrrole nitrogens is 1. The Kier molecular flexibility index (Phi) is 3.32. The van der Waals surface area contributed by atoms with Gasteiger partial charge in [0.15, 0.2) is 11.2 Å². The van der Waals surface area contributed by atoms with Gasteiger partial charge in [-0.25, -0.2) is 4.79 Å². The van der Waals surface area contributed by atoms with Gasteiger partial charge in [-0.2, -0.15) is 4.98 Å². The molecule has 3 rings (SSSR count). The molecule has 0 aromatic carbocycles. The molecule has 1 aliphatic rings. The summed E-state index contributed by atoms with van der Waals surface area (Å²) in [6, 6.07) is 0.221. The predicted octanol–water partition coefficient (Wildman–Crippen LogP) is -0.358. The summed E-state index contributed by atoms with van der Waals surface area (Å²) < 4.78 is 2.43. The number of nitrogens with zero attached hydrogens (tertiary/aromatic N) is 3. The number of aromatic nitrogens is 4. The Hall–Kier alpha value is -2.09. The summed E-state index contributed by atoms with van der Waals surface area (Å²) in [6.07, 6.45) is 4.24. The highest BCUT2D eigenvalue weighted by Crippen LogP contribution is 2.20. The van der Waals surface area contributed by atoms with Gasteiger partial charge in [-0.15, -0.1) is 0 Å². The summed E-state index contributed by atoms with van der Waals surface area (Å²) in [5, 5.41) is 3.26.